The third-order valence-corrected chi connectivity index (χ3v) is 3.50. The summed E-state index contributed by atoms with van der Waals surface area (Å²) < 4.78 is 5.77. The minimum absolute atomic E-state index is 0.385. The van der Waals surface area contributed by atoms with Gasteiger partial charge in [-0.1, -0.05) is 25.0 Å². The van der Waals surface area contributed by atoms with Crippen LogP contribution in [0.4, 0.5) is 0 Å². The van der Waals surface area contributed by atoms with Crippen LogP contribution in [-0.2, 0) is 11.3 Å². The highest BCUT2D eigenvalue weighted by atomic mass is 16.5. The Labute approximate surface area is 114 Å². The van der Waals surface area contributed by atoms with Gasteiger partial charge in [-0.25, -0.2) is 0 Å². The molecular formula is C15H22N2O2. The predicted octanol–water partition coefficient (Wildman–Crippen LogP) is 1.83. The molecule has 4 heteroatoms. The smallest absolute Gasteiger partial charge is 0.248 e. The number of benzene rings is 1. The first-order chi connectivity index (χ1) is 9.25. The highest BCUT2D eigenvalue weighted by Gasteiger charge is 2.14. The Morgan fingerprint density at radius 1 is 1.26 bits per heavy atom. The fourth-order valence-corrected chi connectivity index (χ4v) is 2.37. The molecule has 0 atom stereocenters. The molecule has 0 saturated heterocycles. The van der Waals surface area contributed by atoms with Gasteiger partial charge in [0.25, 0.3) is 0 Å². The van der Waals surface area contributed by atoms with Gasteiger partial charge in [0.1, 0.15) is 0 Å². The first-order valence-electron chi connectivity index (χ1n) is 6.97. The van der Waals surface area contributed by atoms with Crippen LogP contribution < -0.4 is 11.1 Å². The molecule has 104 valence electrons. The predicted molar refractivity (Wildman–Crippen MR) is 74.9 cm³/mol. The number of hydrogen-bond donors (Lipinski definition) is 2. The molecule has 1 aliphatic rings. The topological polar surface area (TPSA) is 64.4 Å². The second-order valence-electron chi connectivity index (χ2n) is 5.02. The molecule has 1 amide bonds. The number of nitrogens with two attached hydrogens (primary N) is 1. The van der Waals surface area contributed by atoms with Crippen LogP contribution in [0, 0.1) is 0 Å². The lowest BCUT2D eigenvalue weighted by Gasteiger charge is -2.11. The SMILES string of the molecule is NC(=O)c1ccc(CNCCOC2CCCC2)cc1. The summed E-state index contributed by atoms with van der Waals surface area (Å²) in [7, 11) is 0. The monoisotopic (exact) mass is 262 g/mol. The van der Waals surface area contributed by atoms with Crippen molar-refractivity contribution in [3.63, 3.8) is 0 Å². The van der Waals surface area contributed by atoms with Crippen molar-refractivity contribution >= 4 is 5.91 Å². The van der Waals surface area contributed by atoms with E-state index >= 15 is 0 Å². The van der Waals surface area contributed by atoms with Crippen molar-refractivity contribution < 1.29 is 9.53 Å². The van der Waals surface area contributed by atoms with Crippen LogP contribution in [0.25, 0.3) is 0 Å². The molecule has 0 radical (unpaired) electrons. The standard InChI is InChI=1S/C15H22N2O2/c16-15(18)13-7-5-12(6-8-13)11-17-9-10-19-14-3-1-2-4-14/h5-8,14,17H,1-4,9-11H2,(H2,16,18). The summed E-state index contributed by atoms with van der Waals surface area (Å²) >= 11 is 0. The van der Waals surface area contributed by atoms with Gasteiger partial charge in [0.05, 0.1) is 12.7 Å². The summed E-state index contributed by atoms with van der Waals surface area (Å²) in [6, 6.07) is 7.36. The van der Waals surface area contributed by atoms with Gasteiger partial charge in [0.15, 0.2) is 0 Å². The zero-order valence-electron chi connectivity index (χ0n) is 11.2. The molecule has 3 N–H and O–H groups in total. The molecule has 1 aliphatic carbocycles. The van der Waals surface area contributed by atoms with Crippen LogP contribution in [0.1, 0.15) is 41.6 Å². The fourth-order valence-electron chi connectivity index (χ4n) is 2.37. The van der Waals surface area contributed by atoms with Crippen LogP contribution in [0.15, 0.2) is 24.3 Å². The van der Waals surface area contributed by atoms with E-state index in [1.165, 1.54) is 25.7 Å². The van der Waals surface area contributed by atoms with Crippen LogP contribution in [-0.4, -0.2) is 25.2 Å². The van der Waals surface area contributed by atoms with Gasteiger partial charge < -0.3 is 15.8 Å². The van der Waals surface area contributed by atoms with Gasteiger partial charge in [-0.2, -0.15) is 0 Å². The summed E-state index contributed by atoms with van der Waals surface area (Å²) in [5.41, 5.74) is 6.89. The molecule has 0 unspecified atom stereocenters. The Kier molecular flexibility index (Phi) is 5.36. The van der Waals surface area contributed by atoms with Gasteiger partial charge in [-0.3, -0.25) is 4.79 Å². The van der Waals surface area contributed by atoms with Crippen molar-refractivity contribution in [2.75, 3.05) is 13.2 Å². The first-order valence-corrected chi connectivity index (χ1v) is 6.97. The average molecular weight is 262 g/mol. The van der Waals surface area contributed by atoms with Crippen LogP contribution in [0.2, 0.25) is 0 Å². The molecule has 19 heavy (non-hydrogen) atoms. The number of carbonyl (C=O) groups is 1. The lowest BCUT2D eigenvalue weighted by molar-refractivity contribution is 0.0602. The number of hydrogen-bond acceptors (Lipinski definition) is 3. The van der Waals surface area contributed by atoms with E-state index in [2.05, 4.69) is 5.32 Å². The first kappa shape index (κ1) is 14.0. The molecule has 1 aromatic rings. The Hall–Kier alpha value is -1.39. The Morgan fingerprint density at radius 3 is 2.58 bits per heavy atom. The lowest BCUT2D eigenvalue weighted by Crippen LogP contribution is -2.22. The minimum atomic E-state index is -0.385. The van der Waals surface area contributed by atoms with E-state index < -0.39 is 0 Å². The van der Waals surface area contributed by atoms with E-state index in [1.54, 1.807) is 12.1 Å². The third kappa shape index (κ3) is 4.65. The highest BCUT2D eigenvalue weighted by molar-refractivity contribution is 5.92. The summed E-state index contributed by atoms with van der Waals surface area (Å²) in [6.45, 7) is 2.41. The largest absolute Gasteiger partial charge is 0.377 e. The van der Waals surface area contributed by atoms with E-state index in [4.69, 9.17) is 10.5 Å². The van der Waals surface area contributed by atoms with Gasteiger partial charge in [-0.05, 0) is 30.5 Å². The molecule has 0 bridgehead atoms. The number of ether oxygens (including phenoxy) is 1. The van der Waals surface area contributed by atoms with Gasteiger partial charge in [0.2, 0.25) is 5.91 Å². The van der Waals surface area contributed by atoms with Crippen LogP contribution in [0.3, 0.4) is 0 Å². The van der Waals surface area contributed by atoms with Gasteiger partial charge >= 0.3 is 0 Å². The molecule has 4 nitrogen and oxygen atoms in total. The van der Waals surface area contributed by atoms with Crippen molar-refractivity contribution in [2.45, 2.75) is 38.3 Å². The number of amides is 1. The quantitative estimate of drug-likeness (QED) is 0.737. The van der Waals surface area contributed by atoms with E-state index in [0.29, 0.717) is 11.7 Å². The summed E-state index contributed by atoms with van der Waals surface area (Å²) in [5, 5.41) is 3.33. The number of primary amides is 1. The number of carbonyl (C=O) groups excluding carboxylic acids is 1. The molecule has 0 spiro atoms. The Balaban J connectivity index is 1.61. The van der Waals surface area contributed by atoms with Crippen molar-refractivity contribution in [3.05, 3.63) is 35.4 Å². The molecule has 1 saturated carbocycles. The highest BCUT2D eigenvalue weighted by Crippen LogP contribution is 2.20. The van der Waals surface area contributed by atoms with E-state index in [0.717, 1.165) is 25.3 Å². The molecule has 0 aliphatic heterocycles. The van der Waals surface area contributed by atoms with Gasteiger partial charge in [0, 0.05) is 18.7 Å². The summed E-state index contributed by atoms with van der Waals surface area (Å²) in [5.74, 6) is -0.385. The van der Waals surface area contributed by atoms with E-state index in [1.807, 2.05) is 12.1 Å². The summed E-state index contributed by atoms with van der Waals surface area (Å²) in [6.07, 6.45) is 5.54. The number of rotatable bonds is 7. The molecule has 1 fully saturated rings. The third-order valence-electron chi connectivity index (χ3n) is 3.50. The minimum Gasteiger partial charge on any atom is -0.377 e. The van der Waals surface area contributed by atoms with Crippen LogP contribution in [0.5, 0.6) is 0 Å². The second kappa shape index (κ2) is 7.26. The lowest BCUT2D eigenvalue weighted by atomic mass is 10.1. The van der Waals surface area contributed by atoms with Crippen molar-refractivity contribution in [2.24, 2.45) is 5.73 Å². The zero-order valence-corrected chi connectivity index (χ0v) is 11.2. The van der Waals surface area contributed by atoms with E-state index in [9.17, 15) is 4.79 Å². The zero-order chi connectivity index (χ0) is 13.5. The normalized spacial score (nSPS) is 15.8. The molecule has 2 rings (SSSR count). The Bertz CT molecular complexity index is 397. The molecule has 1 aromatic carbocycles. The van der Waals surface area contributed by atoms with Gasteiger partial charge in [-0.15, -0.1) is 0 Å². The molecular weight excluding hydrogens is 240 g/mol. The van der Waals surface area contributed by atoms with Crippen molar-refractivity contribution in [1.82, 2.24) is 5.32 Å². The van der Waals surface area contributed by atoms with Crippen LogP contribution >= 0.6 is 0 Å². The molecule has 0 heterocycles. The second-order valence-corrected chi connectivity index (χ2v) is 5.02. The maximum absolute atomic E-state index is 10.9. The Morgan fingerprint density at radius 2 is 1.95 bits per heavy atom. The number of nitrogens with one attached hydrogen (secondary N) is 1. The maximum atomic E-state index is 10.9. The fraction of sp³-hybridized carbons (Fsp3) is 0.533. The molecule has 0 aromatic heterocycles. The van der Waals surface area contributed by atoms with Crippen molar-refractivity contribution in [3.8, 4) is 0 Å². The van der Waals surface area contributed by atoms with Crippen molar-refractivity contribution in [1.29, 1.82) is 0 Å². The maximum Gasteiger partial charge on any atom is 0.248 e. The average Bonchev–Trinajstić information content (AvgIpc) is 2.92. The summed E-state index contributed by atoms with van der Waals surface area (Å²) in [4.78, 5) is 10.9. The van der Waals surface area contributed by atoms with E-state index in [-0.39, 0.29) is 5.91 Å².